The van der Waals surface area contributed by atoms with E-state index in [1.54, 1.807) is 0 Å². The number of carbonyl (C=O) groups is 2. The fourth-order valence-corrected chi connectivity index (χ4v) is 6.58. The van der Waals surface area contributed by atoms with Gasteiger partial charge < -0.3 is 14.8 Å². The number of hydrogen-bond acceptors (Lipinski definition) is 4. The molecule has 0 bridgehead atoms. The summed E-state index contributed by atoms with van der Waals surface area (Å²) in [6.07, 6.45) is 11.4. The monoisotopic (exact) mass is 361 g/mol. The molecule has 2 unspecified atom stereocenters. The van der Waals surface area contributed by atoms with Gasteiger partial charge in [-0.05, 0) is 61.2 Å². The quantitative estimate of drug-likeness (QED) is 0.475. The van der Waals surface area contributed by atoms with Gasteiger partial charge in [0.2, 0.25) is 6.41 Å². The van der Waals surface area contributed by atoms with Crippen molar-refractivity contribution in [1.82, 2.24) is 5.32 Å². The van der Waals surface area contributed by atoms with Gasteiger partial charge in [0.25, 0.3) is 0 Å². The van der Waals surface area contributed by atoms with Crippen LogP contribution < -0.4 is 5.32 Å². The van der Waals surface area contributed by atoms with E-state index in [0.717, 1.165) is 19.4 Å². The second kappa shape index (κ2) is 6.66. The zero-order chi connectivity index (χ0) is 18.4. The summed E-state index contributed by atoms with van der Waals surface area (Å²) in [5.74, 6) is 1.01. The molecular formula is C21H31NO4. The molecule has 5 nitrogen and oxygen atoms in total. The second-order valence-corrected chi connectivity index (χ2v) is 9.17. The van der Waals surface area contributed by atoms with Gasteiger partial charge in [-0.15, -0.1) is 0 Å². The number of allylic oxidation sites excluding steroid dienone is 1. The van der Waals surface area contributed by atoms with Gasteiger partial charge in [0.15, 0.2) is 0 Å². The molecule has 2 aliphatic carbocycles. The maximum Gasteiger partial charge on any atom is 0.336 e. The molecule has 0 aromatic heterocycles. The van der Waals surface area contributed by atoms with Gasteiger partial charge in [0.05, 0.1) is 17.7 Å². The third-order valence-electron chi connectivity index (χ3n) is 8.09. The smallest absolute Gasteiger partial charge is 0.336 e. The van der Waals surface area contributed by atoms with E-state index >= 15 is 0 Å². The highest BCUT2D eigenvalue weighted by atomic mass is 16.5. The van der Waals surface area contributed by atoms with Gasteiger partial charge in [0, 0.05) is 6.61 Å². The summed E-state index contributed by atoms with van der Waals surface area (Å²) in [6.45, 7) is 6.10. The van der Waals surface area contributed by atoms with E-state index < -0.39 is 0 Å². The number of ether oxygens (including phenoxy) is 2. The van der Waals surface area contributed by atoms with Crippen LogP contribution in [-0.2, 0) is 19.1 Å². The van der Waals surface area contributed by atoms with Crippen molar-refractivity contribution in [3.05, 3.63) is 11.6 Å². The lowest BCUT2D eigenvalue weighted by molar-refractivity contribution is -0.135. The van der Waals surface area contributed by atoms with Gasteiger partial charge in [-0.3, -0.25) is 4.79 Å². The molecule has 0 spiro atoms. The molecular weight excluding hydrogens is 330 g/mol. The molecule has 0 aromatic rings. The van der Waals surface area contributed by atoms with Crippen molar-refractivity contribution < 1.29 is 19.1 Å². The molecule has 4 fully saturated rings. The third kappa shape index (κ3) is 2.70. The standard InChI is InChI=1S/C21H31NO4/c1-20-9-8-18-21(2,10-11-25-18)17(20)5-3-4-14(20)6-7-15-16(22-13-23)12-26-19(15)24/h7,13-14,16-18H,3-6,8-12H2,1-2H3,(H,22,23)/b15-7+/t14-,16?,17-,18?,20-,21-/m0/s1. The van der Waals surface area contributed by atoms with Gasteiger partial charge in [-0.1, -0.05) is 26.3 Å². The average molecular weight is 361 g/mol. The molecule has 6 atom stereocenters. The van der Waals surface area contributed by atoms with E-state index in [1.807, 2.05) is 6.08 Å². The van der Waals surface area contributed by atoms with Gasteiger partial charge in [-0.2, -0.15) is 0 Å². The minimum Gasteiger partial charge on any atom is -0.460 e. The van der Waals surface area contributed by atoms with Crippen LogP contribution in [0.1, 0.15) is 58.8 Å². The number of nitrogens with one attached hydrogen (secondary N) is 1. The lowest BCUT2D eigenvalue weighted by Gasteiger charge is -2.58. The predicted molar refractivity (Wildman–Crippen MR) is 97.3 cm³/mol. The van der Waals surface area contributed by atoms with Crippen LogP contribution in [0, 0.1) is 22.7 Å². The summed E-state index contributed by atoms with van der Waals surface area (Å²) in [6, 6.07) is -0.288. The zero-order valence-corrected chi connectivity index (χ0v) is 16.0. The molecule has 2 saturated carbocycles. The fraction of sp³-hybridized carbons (Fsp3) is 0.810. The summed E-state index contributed by atoms with van der Waals surface area (Å²) in [5.41, 5.74) is 1.25. The molecule has 26 heavy (non-hydrogen) atoms. The van der Waals surface area contributed by atoms with Crippen LogP contribution in [0.15, 0.2) is 11.6 Å². The van der Waals surface area contributed by atoms with Gasteiger partial charge >= 0.3 is 5.97 Å². The van der Waals surface area contributed by atoms with Gasteiger partial charge in [-0.25, -0.2) is 4.79 Å². The van der Waals surface area contributed by atoms with E-state index in [9.17, 15) is 9.59 Å². The minimum atomic E-state index is -0.288. The van der Waals surface area contributed by atoms with Crippen molar-refractivity contribution in [2.45, 2.75) is 70.9 Å². The number of esters is 1. The van der Waals surface area contributed by atoms with Crippen LogP contribution in [0.2, 0.25) is 0 Å². The number of hydrogen-bond donors (Lipinski definition) is 1. The molecule has 2 aliphatic heterocycles. The molecule has 1 amide bonds. The first-order valence-electron chi connectivity index (χ1n) is 10.2. The van der Waals surface area contributed by atoms with Crippen molar-refractivity contribution in [1.29, 1.82) is 0 Å². The van der Waals surface area contributed by atoms with E-state index in [2.05, 4.69) is 19.2 Å². The Morgan fingerprint density at radius 2 is 2.04 bits per heavy atom. The second-order valence-electron chi connectivity index (χ2n) is 9.17. The Balaban J connectivity index is 1.54. The molecule has 2 heterocycles. The molecule has 0 aromatic carbocycles. The zero-order valence-electron chi connectivity index (χ0n) is 16.0. The van der Waals surface area contributed by atoms with Crippen molar-refractivity contribution in [3.63, 3.8) is 0 Å². The lowest BCUT2D eigenvalue weighted by atomic mass is 9.46. The highest BCUT2D eigenvalue weighted by molar-refractivity contribution is 5.92. The molecule has 5 heteroatoms. The van der Waals surface area contributed by atoms with Crippen LogP contribution in [0.3, 0.4) is 0 Å². The first kappa shape index (κ1) is 18.0. The normalized spacial score (nSPS) is 46.5. The Hall–Kier alpha value is -1.36. The molecule has 2 saturated heterocycles. The minimum absolute atomic E-state index is 0.255. The van der Waals surface area contributed by atoms with Crippen molar-refractivity contribution in [2.75, 3.05) is 13.2 Å². The number of cyclic esters (lactones) is 1. The number of carbonyl (C=O) groups excluding carboxylic acids is 2. The number of rotatable bonds is 4. The van der Waals surface area contributed by atoms with Crippen LogP contribution in [0.4, 0.5) is 0 Å². The number of amides is 1. The third-order valence-corrected chi connectivity index (χ3v) is 8.09. The Labute approximate surface area is 155 Å². The molecule has 4 aliphatic rings. The summed E-state index contributed by atoms with van der Waals surface area (Å²) in [7, 11) is 0. The Bertz CT molecular complexity index is 617. The lowest BCUT2D eigenvalue weighted by Crippen LogP contribution is -2.53. The molecule has 4 rings (SSSR count). The van der Waals surface area contributed by atoms with Crippen molar-refractivity contribution in [3.8, 4) is 0 Å². The predicted octanol–water partition coefficient (Wildman–Crippen LogP) is 2.99. The first-order chi connectivity index (χ1) is 12.5. The summed E-state index contributed by atoms with van der Waals surface area (Å²) in [4.78, 5) is 22.8. The summed E-state index contributed by atoms with van der Waals surface area (Å²) < 4.78 is 11.2. The van der Waals surface area contributed by atoms with Crippen molar-refractivity contribution >= 4 is 12.4 Å². The average Bonchev–Trinajstić information content (AvgIpc) is 3.17. The largest absolute Gasteiger partial charge is 0.460 e. The van der Waals surface area contributed by atoms with Crippen LogP contribution in [0.5, 0.6) is 0 Å². The number of fused-ring (bicyclic) bond motifs is 3. The van der Waals surface area contributed by atoms with E-state index in [-0.39, 0.29) is 18.6 Å². The van der Waals surface area contributed by atoms with E-state index in [4.69, 9.17) is 9.47 Å². The Kier molecular flexibility index (Phi) is 4.62. The summed E-state index contributed by atoms with van der Waals surface area (Å²) in [5, 5.41) is 2.70. The first-order valence-corrected chi connectivity index (χ1v) is 10.2. The van der Waals surface area contributed by atoms with Gasteiger partial charge in [0.1, 0.15) is 6.61 Å². The maximum atomic E-state index is 12.0. The van der Waals surface area contributed by atoms with Crippen molar-refractivity contribution in [2.24, 2.45) is 22.7 Å². The molecule has 0 radical (unpaired) electrons. The maximum absolute atomic E-state index is 12.0. The molecule has 144 valence electrons. The molecule has 1 N–H and O–H groups in total. The van der Waals surface area contributed by atoms with E-state index in [1.165, 1.54) is 32.1 Å². The highest BCUT2D eigenvalue weighted by Gasteiger charge is 2.58. The summed E-state index contributed by atoms with van der Waals surface area (Å²) >= 11 is 0. The SMILES string of the molecule is C[C@@]12CCC3OCC[C@@]3(C)[C@H]1CCC[C@H]2C/C=C1/C(=O)OCC1NC=O. The van der Waals surface area contributed by atoms with Crippen LogP contribution in [-0.4, -0.2) is 37.7 Å². The Morgan fingerprint density at radius 3 is 2.85 bits per heavy atom. The fourth-order valence-electron chi connectivity index (χ4n) is 6.58. The van der Waals surface area contributed by atoms with E-state index in [0.29, 0.717) is 40.8 Å². The highest BCUT2D eigenvalue weighted by Crippen LogP contribution is 2.63. The Morgan fingerprint density at radius 1 is 1.19 bits per heavy atom. The van der Waals surface area contributed by atoms with Crippen LogP contribution >= 0.6 is 0 Å². The topological polar surface area (TPSA) is 64.6 Å². The van der Waals surface area contributed by atoms with Crippen LogP contribution in [0.25, 0.3) is 0 Å².